The van der Waals surface area contributed by atoms with Gasteiger partial charge in [-0.15, -0.1) is 0 Å². The van der Waals surface area contributed by atoms with E-state index in [1.54, 1.807) is 0 Å². The molecule has 2 heteroatoms. The molecule has 0 aliphatic rings. The van der Waals surface area contributed by atoms with E-state index < -0.39 is 0 Å². The van der Waals surface area contributed by atoms with E-state index in [2.05, 4.69) is 66.8 Å². The molecule has 0 radical (unpaired) electrons. The Morgan fingerprint density at radius 1 is 1.36 bits per heavy atom. The molecule has 0 N–H and O–H groups in total. The van der Waals surface area contributed by atoms with E-state index in [-0.39, 0.29) is 0 Å². The SMILES string of the molecule is Cc1cc(N(C)C(C)C)ccc1CBr. The van der Waals surface area contributed by atoms with Gasteiger partial charge in [-0.05, 0) is 44.0 Å². The highest BCUT2D eigenvalue weighted by molar-refractivity contribution is 9.08. The summed E-state index contributed by atoms with van der Waals surface area (Å²) in [5.41, 5.74) is 4.01. The third-order valence-corrected chi connectivity index (χ3v) is 3.26. The highest BCUT2D eigenvalue weighted by Gasteiger charge is 2.06. The molecule has 0 spiro atoms. The van der Waals surface area contributed by atoms with Gasteiger partial charge >= 0.3 is 0 Å². The van der Waals surface area contributed by atoms with Crippen LogP contribution in [0.5, 0.6) is 0 Å². The number of anilines is 1. The largest absolute Gasteiger partial charge is 0.372 e. The molecule has 0 fully saturated rings. The Bertz CT molecular complexity index is 307. The number of hydrogen-bond donors (Lipinski definition) is 0. The van der Waals surface area contributed by atoms with Crippen LogP contribution in [0.3, 0.4) is 0 Å². The van der Waals surface area contributed by atoms with Gasteiger partial charge in [-0.2, -0.15) is 0 Å². The number of alkyl halides is 1. The summed E-state index contributed by atoms with van der Waals surface area (Å²) in [5, 5.41) is 0.935. The lowest BCUT2D eigenvalue weighted by Crippen LogP contribution is -2.25. The van der Waals surface area contributed by atoms with E-state index in [4.69, 9.17) is 0 Å². The van der Waals surface area contributed by atoms with Crippen LogP contribution in [-0.4, -0.2) is 13.1 Å². The maximum absolute atomic E-state index is 3.49. The zero-order chi connectivity index (χ0) is 10.7. The van der Waals surface area contributed by atoms with Crippen LogP contribution in [0.2, 0.25) is 0 Å². The van der Waals surface area contributed by atoms with E-state index in [1.165, 1.54) is 16.8 Å². The lowest BCUT2D eigenvalue weighted by Gasteiger charge is -2.24. The van der Waals surface area contributed by atoms with Crippen molar-refractivity contribution in [1.29, 1.82) is 0 Å². The molecule has 0 aliphatic heterocycles. The van der Waals surface area contributed by atoms with Crippen molar-refractivity contribution in [2.24, 2.45) is 0 Å². The second-order valence-corrected chi connectivity index (χ2v) is 4.51. The van der Waals surface area contributed by atoms with Crippen LogP contribution in [-0.2, 0) is 5.33 Å². The van der Waals surface area contributed by atoms with E-state index in [1.807, 2.05) is 0 Å². The van der Waals surface area contributed by atoms with Crippen molar-refractivity contribution in [2.45, 2.75) is 32.1 Å². The molecule has 0 aromatic heterocycles. The summed E-state index contributed by atoms with van der Waals surface area (Å²) in [4.78, 5) is 2.28. The van der Waals surface area contributed by atoms with Crippen molar-refractivity contribution in [3.05, 3.63) is 29.3 Å². The lowest BCUT2D eigenvalue weighted by atomic mass is 10.1. The summed E-state index contributed by atoms with van der Waals surface area (Å²) < 4.78 is 0. The minimum atomic E-state index is 0.546. The van der Waals surface area contributed by atoms with Gasteiger partial charge in [0.1, 0.15) is 0 Å². The highest BCUT2D eigenvalue weighted by Crippen LogP contribution is 2.21. The summed E-state index contributed by atoms with van der Waals surface area (Å²) >= 11 is 3.49. The van der Waals surface area contributed by atoms with E-state index in [9.17, 15) is 0 Å². The number of aryl methyl sites for hydroxylation is 1. The first-order chi connectivity index (χ1) is 6.56. The van der Waals surface area contributed by atoms with Crippen molar-refractivity contribution in [3.63, 3.8) is 0 Å². The first-order valence-electron chi connectivity index (χ1n) is 4.94. The van der Waals surface area contributed by atoms with Crippen molar-refractivity contribution in [1.82, 2.24) is 0 Å². The molecule has 78 valence electrons. The molecule has 1 aromatic rings. The predicted octanol–water partition coefficient (Wildman–Crippen LogP) is 3.73. The number of hydrogen-bond acceptors (Lipinski definition) is 1. The molecule has 0 bridgehead atoms. The Morgan fingerprint density at radius 2 is 2.00 bits per heavy atom. The smallest absolute Gasteiger partial charge is 0.0368 e. The fraction of sp³-hybridized carbons (Fsp3) is 0.500. The fourth-order valence-electron chi connectivity index (χ4n) is 1.35. The highest BCUT2D eigenvalue weighted by atomic mass is 79.9. The third kappa shape index (κ3) is 2.50. The molecule has 0 amide bonds. The molecular formula is C12H18BrN. The summed E-state index contributed by atoms with van der Waals surface area (Å²) in [6, 6.07) is 7.17. The topological polar surface area (TPSA) is 3.24 Å². The summed E-state index contributed by atoms with van der Waals surface area (Å²) in [5.74, 6) is 0. The van der Waals surface area contributed by atoms with Crippen LogP contribution in [0.4, 0.5) is 5.69 Å². The Hall–Kier alpha value is -0.500. The van der Waals surface area contributed by atoms with Crippen LogP contribution >= 0.6 is 15.9 Å². The van der Waals surface area contributed by atoms with Gasteiger partial charge in [-0.25, -0.2) is 0 Å². The van der Waals surface area contributed by atoms with E-state index in [0.29, 0.717) is 6.04 Å². The second-order valence-electron chi connectivity index (χ2n) is 3.95. The molecule has 0 saturated carbocycles. The van der Waals surface area contributed by atoms with Crippen molar-refractivity contribution < 1.29 is 0 Å². The second kappa shape index (κ2) is 4.83. The number of halogens is 1. The zero-order valence-corrected chi connectivity index (χ0v) is 10.9. The van der Waals surface area contributed by atoms with Gasteiger partial charge < -0.3 is 4.90 Å². The monoisotopic (exact) mass is 255 g/mol. The minimum Gasteiger partial charge on any atom is -0.372 e. The molecule has 1 nitrogen and oxygen atoms in total. The van der Waals surface area contributed by atoms with Crippen molar-refractivity contribution in [3.8, 4) is 0 Å². The van der Waals surface area contributed by atoms with Crippen LogP contribution in [0.25, 0.3) is 0 Å². The van der Waals surface area contributed by atoms with Gasteiger partial charge in [0.15, 0.2) is 0 Å². The predicted molar refractivity (Wildman–Crippen MR) is 67.3 cm³/mol. The quantitative estimate of drug-likeness (QED) is 0.745. The average molecular weight is 256 g/mol. The number of benzene rings is 1. The van der Waals surface area contributed by atoms with Crippen LogP contribution < -0.4 is 4.90 Å². The first kappa shape index (κ1) is 11.6. The van der Waals surface area contributed by atoms with Crippen molar-refractivity contribution in [2.75, 3.05) is 11.9 Å². The molecule has 0 atom stereocenters. The molecule has 14 heavy (non-hydrogen) atoms. The first-order valence-corrected chi connectivity index (χ1v) is 6.06. The Balaban J connectivity index is 2.96. The van der Waals surface area contributed by atoms with Crippen LogP contribution in [0.1, 0.15) is 25.0 Å². The summed E-state index contributed by atoms with van der Waals surface area (Å²) in [7, 11) is 2.13. The van der Waals surface area contributed by atoms with Gasteiger partial charge in [0.05, 0.1) is 0 Å². The Kier molecular flexibility index (Phi) is 3.99. The molecule has 1 aromatic carbocycles. The summed E-state index contributed by atoms with van der Waals surface area (Å²) in [6.07, 6.45) is 0. The van der Waals surface area contributed by atoms with Gasteiger partial charge in [-0.1, -0.05) is 22.0 Å². The van der Waals surface area contributed by atoms with E-state index >= 15 is 0 Å². The van der Waals surface area contributed by atoms with Gasteiger partial charge in [-0.3, -0.25) is 0 Å². The van der Waals surface area contributed by atoms with E-state index in [0.717, 1.165) is 5.33 Å². The molecule has 0 aliphatic carbocycles. The van der Waals surface area contributed by atoms with Crippen LogP contribution in [0, 0.1) is 6.92 Å². The average Bonchev–Trinajstić information content (AvgIpc) is 2.16. The third-order valence-electron chi connectivity index (χ3n) is 2.65. The Labute approximate surface area is 95.2 Å². The number of nitrogens with zero attached hydrogens (tertiary/aromatic N) is 1. The standard InChI is InChI=1S/C12H18BrN/c1-9(2)14(4)12-6-5-11(8-13)10(3)7-12/h5-7,9H,8H2,1-4H3. The molecule has 1 rings (SSSR count). The van der Waals surface area contributed by atoms with Gasteiger partial charge in [0, 0.05) is 24.1 Å². The molecular weight excluding hydrogens is 238 g/mol. The van der Waals surface area contributed by atoms with Crippen LogP contribution in [0.15, 0.2) is 18.2 Å². The maximum Gasteiger partial charge on any atom is 0.0368 e. The maximum atomic E-state index is 3.49. The fourth-order valence-corrected chi connectivity index (χ4v) is 1.98. The number of rotatable bonds is 3. The summed E-state index contributed by atoms with van der Waals surface area (Å²) in [6.45, 7) is 6.57. The Morgan fingerprint density at radius 3 is 2.43 bits per heavy atom. The van der Waals surface area contributed by atoms with Gasteiger partial charge in [0.25, 0.3) is 0 Å². The zero-order valence-electron chi connectivity index (χ0n) is 9.34. The lowest BCUT2D eigenvalue weighted by molar-refractivity contribution is 0.754. The van der Waals surface area contributed by atoms with Crippen molar-refractivity contribution >= 4 is 21.6 Å². The molecule has 0 unspecified atom stereocenters. The normalized spacial score (nSPS) is 10.7. The minimum absolute atomic E-state index is 0.546. The molecule has 0 heterocycles. The van der Waals surface area contributed by atoms with Gasteiger partial charge in [0.2, 0.25) is 0 Å². The molecule has 0 saturated heterocycles.